The molecular weight excluding hydrogens is 498 g/mol. The molecule has 8 heteroatoms. The minimum Gasteiger partial charge on any atom is -0.478 e. The van der Waals surface area contributed by atoms with Crippen LogP contribution >= 0.6 is 38.9 Å². The highest BCUT2D eigenvalue weighted by Crippen LogP contribution is 2.33. The zero-order valence-corrected chi connectivity index (χ0v) is 20.0. The Morgan fingerprint density at radius 2 is 1.94 bits per heavy atom. The van der Waals surface area contributed by atoms with E-state index in [2.05, 4.69) is 20.9 Å². The molecule has 1 amide bonds. The number of ether oxygens (including phenoxy) is 1. The van der Waals surface area contributed by atoms with E-state index in [9.17, 15) is 4.79 Å². The van der Waals surface area contributed by atoms with Crippen LogP contribution in [0.1, 0.15) is 19.5 Å². The molecule has 4 rings (SSSR count). The topological polar surface area (TPSA) is 55.3 Å². The van der Waals surface area contributed by atoms with Gasteiger partial charge in [-0.1, -0.05) is 44.9 Å². The lowest BCUT2D eigenvalue weighted by Gasteiger charge is -2.31. The molecule has 0 aliphatic rings. The molecule has 0 unspecified atom stereocenters. The highest BCUT2D eigenvalue weighted by atomic mass is 79.9. The van der Waals surface area contributed by atoms with Gasteiger partial charge in [0.15, 0.2) is 10.7 Å². The summed E-state index contributed by atoms with van der Waals surface area (Å²) in [5, 5.41) is 1.20. The number of thiazole rings is 1. The third-order valence-electron chi connectivity index (χ3n) is 4.56. The Morgan fingerprint density at radius 1 is 1.16 bits per heavy atom. The van der Waals surface area contributed by atoms with Gasteiger partial charge in [0.2, 0.25) is 0 Å². The number of amides is 1. The number of anilines is 1. The van der Waals surface area contributed by atoms with E-state index in [1.54, 1.807) is 49.2 Å². The van der Waals surface area contributed by atoms with Crippen molar-refractivity contribution in [1.29, 1.82) is 0 Å². The summed E-state index contributed by atoms with van der Waals surface area (Å²) < 4.78 is 8.00. The maximum atomic E-state index is 13.7. The summed E-state index contributed by atoms with van der Waals surface area (Å²) in [7, 11) is 0. The molecule has 0 atom stereocenters. The molecule has 0 fully saturated rings. The molecule has 0 saturated heterocycles. The van der Waals surface area contributed by atoms with Crippen molar-refractivity contribution >= 4 is 60.1 Å². The molecule has 0 bridgehead atoms. The van der Waals surface area contributed by atoms with Crippen molar-refractivity contribution in [2.24, 2.45) is 0 Å². The van der Waals surface area contributed by atoms with Crippen LogP contribution in [0.15, 0.2) is 71.3 Å². The summed E-state index contributed by atoms with van der Waals surface area (Å²) in [4.78, 5) is 24.4. The van der Waals surface area contributed by atoms with Crippen molar-refractivity contribution in [3.8, 4) is 5.75 Å². The van der Waals surface area contributed by atoms with E-state index in [1.807, 2.05) is 36.4 Å². The number of pyridine rings is 1. The Bertz CT molecular complexity index is 1210. The first kappa shape index (κ1) is 21.7. The number of halogens is 2. The minimum atomic E-state index is -1.14. The van der Waals surface area contributed by atoms with E-state index in [0.29, 0.717) is 15.9 Å². The SMILES string of the molecule is CC(C)(Oc1ccc(Cl)cc1)C(=O)N(Cc1ccccn1)c1nc2ccc(Br)cc2s1. The van der Waals surface area contributed by atoms with Crippen LogP contribution in [0.25, 0.3) is 10.2 Å². The fourth-order valence-electron chi connectivity index (χ4n) is 3.05. The lowest BCUT2D eigenvalue weighted by molar-refractivity contribution is -0.131. The van der Waals surface area contributed by atoms with Crippen LogP contribution in [-0.2, 0) is 11.3 Å². The van der Waals surface area contributed by atoms with Gasteiger partial charge < -0.3 is 4.74 Å². The first-order valence-electron chi connectivity index (χ1n) is 9.54. The zero-order chi connectivity index (χ0) is 22.0. The Morgan fingerprint density at radius 3 is 2.65 bits per heavy atom. The molecule has 31 heavy (non-hydrogen) atoms. The first-order chi connectivity index (χ1) is 14.8. The smallest absolute Gasteiger partial charge is 0.272 e. The predicted octanol–water partition coefficient (Wildman–Crippen LogP) is 6.50. The summed E-state index contributed by atoms with van der Waals surface area (Å²) >= 11 is 10.9. The van der Waals surface area contributed by atoms with E-state index in [-0.39, 0.29) is 12.5 Å². The normalized spacial score (nSPS) is 11.5. The van der Waals surface area contributed by atoms with E-state index >= 15 is 0 Å². The van der Waals surface area contributed by atoms with E-state index < -0.39 is 5.60 Å². The Hall–Kier alpha value is -2.48. The third kappa shape index (κ3) is 5.06. The monoisotopic (exact) mass is 515 g/mol. The van der Waals surface area contributed by atoms with Crippen molar-refractivity contribution in [2.75, 3.05) is 4.90 Å². The van der Waals surface area contributed by atoms with Gasteiger partial charge in [-0.3, -0.25) is 14.7 Å². The second-order valence-electron chi connectivity index (χ2n) is 7.39. The van der Waals surface area contributed by atoms with Crippen molar-refractivity contribution < 1.29 is 9.53 Å². The van der Waals surface area contributed by atoms with E-state index in [1.165, 1.54) is 11.3 Å². The van der Waals surface area contributed by atoms with Crippen LogP contribution in [0.3, 0.4) is 0 Å². The van der Waals surface area contributed by atoms with Gasteiger partial charge >= 0.3 is 0 Å². The van der Waals surface area contributed by atoms with Gasteiger partial charge in [-0.25, -0.2) is 4.98 Å². The lowest BCUT2D eigenvalue weighted by Crippen LogP contribution is -2.49. The van der Waals surface area contributed by atoms with Crippen LogP contribution in [-0.4, -0.2) is 21.5 Å². The van der Waals surface area contributed by atoms with E-state index in [4.69, 9.17) is 21.3 Å². The van der Waals surface area contributed by atoms with Crippen LogP contribution in [0, 0.1) is 0 Å². The van der Waals surface area contributed by atoms with Crippen LogP contribution in [0.5, 0.6) is 5.75 Å². The third-order valence-corrected chi connectivity index (χ3v) is 6.35. The molecule has 158 valence electrons. The van der Waals surface area contributed by atoms with Crippen LogP contribution in [0.4, 0.5) is 5.13 Å². The number of rotatable bonds is 6. The largest absolute Gasteiger partial charge is 0.478 e. The van der Waals surface area contributed by atoms with Gasteiger partial charge in [-0.2, -0.15) is 0 Å². The number of hydrogen-bond donors (Lipinski definition) is 0. The number of fused-ring (bicyclic) bond motifs is 1. The van der Waals surface area contributed by atoms with Crippen molar-refractivity contribution in [1.82, 2.24) is 9.97 Å². The number of nitrogens with zero attached hydrogens (tertiary/aromatic N) is 3. The van der Waals surface area contributed by atoms with Gasteiger partial charge in [-0.05, 0) is 68.4 Å². The average molecular weight is 517 g/mol. The van der Waals surface area contributed by atoms with Gasteiger partial charge in [0.05, 0.1) is 22.5 Å². The fraction of sp³-hybridized carbons (Fsp3) is 0.174. The van der Waals surface area contributed by atoms with E-state index in [0.717, 1.165) is 20.4 Å². The Balaban J connectivity index is 1.69. The molecule has 0 aliphatic carbocycles. The molecule has 2 heterocycles. The lowest BCUT2D eigenvalue weighted by atomic mass is 10.1. The molecule has 5 nitrogen and oxygen atoms in total. The molecule has 0 spiro atoms. The molecule has 0 saturated carbocycles. The zero-order valence-electron chi connectivity index (χ0n) is 16.9. The number of aromatic nitrogens is 2. The maximum absolute atomic E-state index is 13.7. The molecular formula is C23H19BrClN3O2S. The molecule has 0 N–H and O–H groups in total. The molecule has 4 aromatic rings. The number of benzene rings is 2. The summed E-state index contributed by atoms with van der Waals surface area (Å²) in [5.41, 5.74) is 0.457. The van der Waals surface area contributed by atoms with Gasteiger partial charge in [-0.15, -0.1) is 0 Å². The quantitative estimate of drug-likeness (QED) is 0.294. The van der Waals surface area contributed by atoms with Gasteiger partial charge in [0.25, 0.3) is 5.91 Å². The Labute approximate surface area is 197 Å². The van der Waals surface area contributed by atoms with Crippen LogP contribution in [0.2, 0.25) is 5.02 Å². The van der Waals surface area contributed by atoms with Gasteiger partial charge in [0, 0.05) is 15.7 Å². The number of carbonyl (C=O) groups excluding carboxylic acids is 1. The molecule has 2 aromatic heterocycles. The first-order valence-corrected chi connectivity index (χ1v) is 11.5. The Kier molecular flexibility index (Phi) is 6.27. The molecule has 0 aliphatic heterocycles. The second kappa shape index (κ2) is 8.94. The highest BCUT2D eigenvalue weighted by molar-refractivity contribution is 9.10. The minimum absolute atomic E-state index is 0.216. The predicted molar refractivity (Wildman–Crippen MR) is 129 cm³/mol. The van der Waals surface area contributed by atoms with Crippen LogP contribution < -0.4 is 9.64 Å². The standard InChI is InChI=1S/C23H19BrClN3O2S/c1-23(2,30-18-9-7-16(25)8-10-18)21(29)28(14-17-5-3-4-12-26-17)22-27-19-11-6-15(24)13-20(19)31-22/h3-13H,14H2,1-2H3. The summed E-state index contributed by atoms with van der Waals surface area (Å²) in [5.74, 6) is 0.347. The number of carbonyl (C=O) groups is 1. The summed E-state index contributed by atoms with van der Waals surface area (Å²) in [6.45, 7) is 3.78. The second-order valence-corrected chi connectivity index (χ2v) is 9.75. The summed E-state index contributed by atoms with van der Waals surface area (Å²) in [6, 6.07) is 18.4. The summed E-state index contributed by atoms with van der Waals surface area (Å²) in [6.07, 6.45) is 1.71. The number of hydrogen-bond acceptors (Lipinski definition) is 5. The van der Waals surface area contributed by atoms with Gasteiger partial charge in [0.1, 0.15) is 5.75 Å². The van der Waals surface area contributed by atoms with Crippen molar-refractivity contribution in [2.45, 2.75) is 26.0 Å². The fourth-order valence-corrected chi connectivity index (χ4v) is 4.69. The maximum Gasteiger partial charge on any atom is 0.272 e. The van der Waals surface area contributed by atoms with Crippen molar-refractivity contribution in [3.05, 3.63) is 82.0 Å². The molecule has 0 radical (unpaired) electrons. The highest BCUT2D eigenvalue weighted by Gasteiger charge is 2.36. The van der Waals surface area contributed by atoms with Crippen molar-refractivity contribution in [3.63, 3.8) is 0 Å². The average Bonchev–Trinajstić information content (AvgIpc) is 3.16. The molecule has 2 aromatic carbocycles.